The Bertz CT molecular complexity index is 1070. The molecule has 0 saturated carbocycles. The van der Waals surface area contributed by atoms with E-state index in [1.54, 1.807) is 16.5 Å². The van der Waals surface area contributed by atoms with Crippen molar-refractivity contribution in [1.82, 2.24) is 4.57 Å². The molecule has 1 aliphatic carbocycles. The van der Waals surface area contributed by atoms with Gasteiger partial charge in [-0.3, -0.25) is 0 Å². The molecule has 0 aliphatic heterocycles. The maximum absolute atomic E-state index is 2.47. The minimum absolute atomic E-state index is 0.953. The molecule has 1 aliphatic rings. The molecule has 1 heterocycles. The molecule has 4 aromatic rings. The van der Waals surface area contributed by atoms with Crippen LogP contribution in [0.4, 0.5) is 0 Å². The van der Waals surface area contributed by atoms with Gasteiger partial charge >= 0.3 is 0 Å². The van der Waals surface area contributed by atoms with Gasteiger partial charge in [-0.25, -0.2) is 0 Å². The van der Waals surface area contributed by atoms with E-state index in [0.29, 0.717) is 0 Å². The van der Waals surface area contributed by atoms with Crippen molar-refractivity contribution < 1.29 is 0 Å². The van der Waals surface area contributed by atoms with Crippen LogP contribution in [-0.4, -0.2) is 4.57 Å². The number of hydrogen-bond donors (Lipinski definition) is 0. The van der Waals surface area contributed by atoms with Crippen molar-refractivity contribution in [3.8, 4) is 0 Å². The molecule has 3 aromatic carbocycles. The number of fused-ring (bicyclic) bond motifs is 2. The predicted octanol–water partition coefficient (Wildman–Crippen LogP) is 5.89. The second kappa shape index (κ2) is 5.77. The van der Waals surface area contributed by atoms with E-state index in [1.165, 1.54) is 46.7 Å². The smallest absolute Gasteiger partial charge is 0.0525 e. The first-order valence-electron chi connectivity index (χ1n) is 9.45. The van der Waals surface area contributed by atoms with Crippen LogP contribution in [0, 0.1) is 0 Å². The molecular formula is C24H23N. The summed E-state index contributed by atoms with van der Waals surface area (Å²) in [5, 5.41) is 4.49. The van der Waals surface area contributed by atoms with Crippen LogP contribution in [0.25, 0.3) is 21.7 Å². The average Bonchev–Trinajstić information content (AvgIpc) is 3.07. The third-order valence-electron chi connectivity index (χ3n) is 5.77. The Morgan fingerprint density at radius 3 is 2.60 bits per heavy atom. The lowest BCUT2D eigenvalue weighted by atomic mass is 9.84. The highest BCUT2D eigenvalue weighted by molar-refractivity contribution is 6.06. The third kappa shape index (κ3) is 2.22. The minimum Gasteiger partial charge on any atom is -0.343 e. The Labute approximate surface area is 148 Å². The predicted molar refractivity (Wildman–Crippen MR) is 106 cm³/mol. The second-order valence-electron chi connectivity index (χ2n) is 7.20. The average molecular weight is 325 g/mol. The fourth-order valence-electron chi connectivity index (χ4n) is 4.72. The summed E-state index contributed by atoms with van der Waals surface area (Å²) >= 11 is 0. The molecule has 1 aromatic heterocycles. The van der Waals surface area contributed by atoms with E-state index < -0.39 is 0 Å². The van der Waals surface area contributed by atoms with Crippen LogP contribution in [0.15, 0.2) is 60.8 Å². The number of aryl methyl sites for hydroxylation is 3. The summed E-state index contributed by atoms with van der Waals surface area (Å²) < 4.78 is 2.47. The Morgan fingerprint density at radius 1 is 0.880 bits per heavy atom. The highest BCUT2D eigenvalue weighted by Gasteiger charge is 2.20. The monoisotopic (exact) mass is 325 g/mol. The summed E-state index contributed by atoms with van der Waals surface area (Å²) in [5.41, 5.74) is 7.48. The van der Waals surface area contributed by atoms with Crippen molar-refractivity contribution in [1.29, 1.82) is 0 Å². The van der Waals surface area contributed by atoms with Crippen molar-refractivity contribution in [2.75, 3.05) is 0 Å². The first kappa shape index (κ1) is 14.8. The van der Waals surface area contributed by atoms with E-state index >= 15 is 0 Å². The number of aromatic nitrogens is 1. The van der Waals surface area contributed by atoms with Gasteiger partial charge < -0.3 is 4.57 Å². The standard InChI is InChI=1S/C24H23N/c1-2-19-20-12-6-10-18-11-7-13-22(23(18)20)24-21(19)14-15-25(24)16-17-8-4-3-5-9-17/h3-6,8-10,12,14-15H,2,7,11,13,16H2,1H3. The first-order valence-corrected chi connectivity index (χ1v) is 9.45. The SMILES string of the molecule is CCc1c2cccc3c2c(c2c1ccn2Cc1ccccc1)CCC3. The Morgan fingerprint density at radius 2 is 1.76 bits per heavy atom. The van der Waals surface area contributed by atoms with Gasteiger partial charge in [-0.05, 0) is 64.8 Å². The molecule has 0 radical (unpaired) electrons. The van der Waals surface area contributed by atoms with E-state index in [0.717, 1.165) is 13.0 Å². The molecule has 5 rings (SSSR count). The first-order chi connectivity index (χ1) is 12.4. The van der Waals surface area contributed by atoms with Crippen molar-refractivity contribution in [3.63, 3.8) is 0 Å². The fourth-order valence-corrected chi connectivity index (χ4v) is 4.72. The minimum atomic E-state index is 0.953. The van der Waals surface area contributed by atoms with Gasteiger partial charge in [0.1, 0.15) is 0 Å². The summed E-state index contributed by atoms with van der Waals surface area (Å²) in [7, 11) is 0. The summed E-state index contributed by atoms with van der Waals surface area (Å²) in [4.78, 5) is 0. The van der Waals surface area contributed by atoms with Gasteiger partial charge in [0.05, 0.1) is 5.52 Å². The Hall–Kier alpha value is -2.54. The van der Waals surface area contributed by atoms with Crippen LogP contribution < -0.4 is 0 Å². The van der Waals surface area contributed by atoms with Crippen molar-refractivity contribution >= 4 is 21.7 Å². The number of rotatable bonds is 3. The zero-order valence-corrected chi connectivity index (χ0v) is 14.8. The zero-order valence-electron chi connectivity index (χ0n) is 14.8. The van der Waals surface area contributed by atoms with E-state index in [2.05, 4.69) is 72.3 Å². The van der Waals surface area contributed by atoms with Crippen LogP contribution in [0.5, 0.6) is 0 Å². The maximum Gasteiger partial charge on any atom is 0.0525 e. The Kier molecular flexibility index (Phi) is 3.41. The van der Waals surface area contributed by atoms with Crippen molar-refractivity contribution in [3.05, 3.63) is 83.0 Å². The molecule has 124 valence electrons. The quantitative estimate of drug-likeness (QED) is 0.442. The molecule has 0 spiro atoms. The number of nitrogens with zero attached hydrogens (tertiary/aromatic N) is 1. The van der Waals surface area contributed by atoms with Crippen LogP contribution in [0.2, 0.25) is 0 Å². The lowest BCUT2D eigenvalue weighted by Gasteiger charge is -2.22. The lowest BCUT2D eigenvalue weighted by Crippen LogP contribution is -2.07. The second-order valence-corrected chi connectivity index (χ2v) is 7.20. The lowest BCUT2D eigenvalue weighted by molar-refractivity contribution is 0.791. The molecule has 0 bridgehead atoms. The van der Waals surface area contributed by atoms with Gasteiger partial charge in [0.15, 0.2) is 0 Å². The molecule has 0 unspecified atom stereocenters. The molecule has 1 nitrogen and oxygen atoms in total. The van der Waals surface area contributed by atoms with E-state index in [-0.39, 0.29) is 0 Å². The number of benzene rings is 3. The largest absolute Gasteiger partial charge is 0.343 e. The van der Waals surface area contributed by atoms with E-state index in [1.807, 2.05) is 0 Å². The van der Waals surface area contributed by atoms with Gasteiger partial charge in [-0.15, -0.1) is 0 Å². The topological polar surface area (TPSA) is 4.93 Å². The molecular weight excluding hydrogens is 302 g/mol. The van der Waals surface area contributed by atoms with Crippen molar-refractivity contribution in [2.45, 2.75) is 39.2 Å². The molecule has 0 N–H and O–H groups in total. The summed E-state index contributed by atoms with van der Waals surface area (Å²) in [6.07, 6.45) is 7.07. The summed E-state index contributed by atoms with van der Waals surface area (Å²) in [6, 6.07) is 20.1. The summed E-state index contributed by atoms with van der Waals surface area (Å²) in [5.74, 6) is 0. The van der Waals surface area contributed by atoms with E-state index in [9.17, 15) is 0 Å². The van der Waals surface area contributed by atoms with Gasteiger partial charge in [-0.1, -0.05) is 55.5 Å². The van der Waals surface area contributed by atoms with Gasteiger partial charge in [-0.2, -0.15) is 0 Å². The van der Waals surface area contributed by atoms with Crippen LogP contribution >= 0.6 is 0 Å². The highest BCUT2D eigenvalue weighted by atomic mass is 15.0. The molecule has 25 heavy (non-hydrogen) atoms. The van der Waals surface area contributed by atoms with Crippen LogP contribution in [0.3, 0.4) is 0 Å². The number of hydrogen-bond acceptors (Lipinski definition) is 0. The van der Waals surface area contributed by atoms with E-state index in [4.69, 9.17) is 0 Å². The molecule has 1 heteroatoms. The summed E-state index contributed by atoms with van der Waals surface area (Å²) in [6.45, 7) is 3.25. The van der Waals surface area contributed by atoms with Gasteiger partial charge in [0, 0.05) is 18.1 Å². The molecule has 0 fully saturated rings. The van der Waals surface area contributed by atoms with Gasteiger partial charge in [0.2, 0.25) is 0 Å². The highest BCUT2D eigenvalue weighted by Crippen LogP contribution is 2.39. The molecule has 0 saturated heterocycles. The van der Waals surface area contributed by atoms with Crippen LogP contribution in [0.1, 0.15) is 35.6 Å². The Balaban J connectivity index is 1.84. The third-order valence-corrected chi connectivity index (χ3v) is 5.77. The van der Waals surface area contributed by atoms with Crippen molar-refractivity contribution in [2.24, 2.45) is 0 Å². The maximum atomic E-state index is 2.47. The fraction of sp³-hybridized carbons (Fsp3) is 0.250. The zero-order chi connectivity index (χ0) is 16.8. The molecule has 0 atom stereocenters. The van der Waals surface area contributed by atoms with Gasteiger partial charge in [0.25, 0.3) is 0 Å². The van der Waals surface area contributed by atoms with Crippen LogP contribution in [-0.2, 0) is 25.8 Å². The molecule has 0 amide bonds. The normalized spacial score (nSPS) is 13.6.